The van der Waals surface area contributed by atoms with Crippen molar-refractivity contribution in [1.82, 2.24) is 9.55 Å². The Labute approximate surface area is 120 Å². The summed E-state index contributed by atoms with van der Waals surface area (Å²) in [5.41, 5.74) is 4.54. The van der Waals surface area contributed by atoms with Crippen LogP contribution < -0.4 is 5.32 Å². The monoisotopic (exact) mass is 273 g/mol. The number of nitrogens with one attached hydrogen (secondary N) is 1. The van der Waals surface area contributed by atoms with Crippen LogP contribution in [0.2, 0.25) is 0 Å². The number of nitrogens with zero attached hydrogens (tertiary/aromatic N) is 2. The van der Waals surface area contributed by atoms with E-state index in [0.717, 1.165) is 17.3 Å². The van der Waals surface area contributed by atoms with E-state index in [2.05, 4.69) is 60.0 Å². The SMILES string of the molecule is COCC(C)n1cc(C)nc1Nc1cc(C)ccc1C. The highest BCUT2D eigenvalue weighted by Gasteiger charge is 2.12. The summed E-state index contributed by atoms with van der Waals surface area (Å²) in [5.74, 6) is 0.862. The van der Waals surface area contributed by atoms with Crippen LogP contribution in [0.1, 0.15) is 29.8 Å². The third-order valence-corrected chi connectivity index (χ3v) is 3.38. The van der Waals surface area contributed by atoms with Crippen LogP contribution in [0.25, 0.3) is 0 Å². The number of benzene rings is 1. The molecule has 1 unspecified atom stereocenters. The predicted molar refractivity (Wildman–Crippen MR) is 82.7 cm³/mol. The zero-order valence-corrected chi connectivity index (χ0v) is 12.9. The first kappa shape index (κ1) is 14.6. The molecule has 1 aromatic heterocycles. The van der Waals surface area contributed by atoms with Gasteiger partial charge in [-0.3, -0.25) is 0 Å². The van der Waals surface area contributed by atoms with Gasteiger partial charge in [-0.1, -0.05) is 12.1 Å². The van der Waals surface area contributed by atoms with E-state index in [1.807, 2.05) is 6.92 Å². The van der Waals surface area contributed by atoms with Gasteiger partial charge in [0, 0.05) is 19.0 Å². The average molecular weight is 273 g/mol. The molecule has 108 valence electrons. The van der Waals surface area contributed by atoms with Crippen LogP contribution in [0, 0.1) is 20.8 Å². The minimum Gasteiger partial charge on any atom is -0.383 e. The number of aryl methyl sites for hydroxylation is 3. The van der Waals surface area contributed by atoms with E-state index in [9.17, 15) is 0 Å². The average Bonchev–Trinajstić information content (AvgIpc) is 2.75. The van der Waals surface area contributed by atoms with E-state index in [1.54, 1.807) is 7.11 Å². The lowest BCUT2D eigenvalue weighted by Gasteiger charge is -2.17. The van der Waals surface area contributed by atoms with Crippen LogP contribution in [-0.2, 0) is 4.74 Å². The largest absolute Gasteiger partial charge is 0.383 e. The van der Waals surface area contributed by atoms with Gasteiger partial charge >= 0.3 is 0 Å². The lowest BCUT2D eigenvalue weighted by Crippen LogP contribution is -2.13. The molecule has 0 spiro atoms. The zero-order chi connectivity index (χ0) is 14.7. The highest BCUT2D eigenvalue weighted by Crippen LogP contribution is 2.24. The van der Waals surface area contributed by atoms with Crippen molar-refractivity contribution in [3.63, 3.8) is 0 Å². The standard InChI is InChI=1S/C16H23N3O/c1-11-6-7-12(2)15(8-11)18-16-17-13(3)9-19(16)14(4)10-20-5/h6-9,14H,10H2,1-5H3,(H,17,18). The molecule has 4 nitrogen and oxygen atoms in total. The summed E-state index contributed by atoms with van der Waals surface area (Å²) < 4.78 is 7.36. The van der Waals surface area contributed by atoms with Crippen molar-refractivity contribution >= 4 is 11.6 Å². The van der Waals surface area contributed by atoms with Crippen LogP contribution >= 0.6 is 0 Å². The second-order valence-corrected chi connectivity index (χ2v) is 5.36. The van der Waals surface area contributed by atoms with E-state index < -0.39 is 0 Å². The number of aromatic nitrogens is 2. The minimum absolute atomic E-state index is 0.244. The normalized spacial score (nSPS) is 12.4. The van der Waals surface area contributed by atoms with Gasteiger partial charge in [0.1, 0.15) is 0 Å². The van der Waals surface area contributed by atoms with E-state index in [1.165, 1.54) is 11.1 Å². The fourth-order valence-electron chi connectivity index (χ4n) is 2.26. The Morgan fingerprint density at radius 1 is 1.30 bits per heavy atom. The first-order valence-corrected chi connectivity index (χ1v) is 6.90. The molecule has 1 atom stereocenters. The number of methoxy groups -OCH3 is 1. The quantitative estimate of drug-likeness (QED) is 0.901. The highest BCUT2D eigenvalue weighted by molar-refractivity contribution is 5.60. The molecule has 1 N–H and O–H groups in total. The third-order valence-electron chi connectivity index (χ3n) is 3.38. The molecule has 2 aromatic rings. The maximum atomic E-state index is 5.24. The molecule has 1 aromatic carbocycles. The Bertz CT molecular complexity index is 589. The molecule has 0 saturated heterocycles. The third kappa shape index (κ3) is 3.20. The minimum atomic E-state index is 0.244. The Morgan fingerprint density at radius 2 is 2.05 bits per heavy atom. The van der Waals surface area contributed by atoms with E-state index in [4.69, 9.17) is 4.74 Å². The van der Waals surface area contributed by atoms with Crippen molar-refractivity contribution in [2.24, 2.45) is 0 Å². The summed E-state index contributed by atoms with van der Waals surface area (Å²) in [6, 6.07) is 6.63. The number of rotatable bonds is 5. The summed E-state index contributed by atoms with van der Waals surface area (Å²) in [5, 5.41) is 3.44. The molecule has 0 aliphatic carbocycles. The maximum absolute atomic E-state index is 5.24. The zero-order valence-electron chi connectivity index (χ0n) is 12.9. The van der Waals surface area contributed by atoms with Crippen LogP contribution in [0.3, 0.4) is 0 Å². The van der Waals surface area contributed by atoms with Crippen LogP contribution in [0.15, 0.2) is 24.4 Å². The van der Waals surface area contributed by atoms with Gasteiger partial charge in [-0.15, -0.1) is 0 Å². The van der Waals surface area contributed by atoms with Crippen molar-refractivity contribution in [2.45, 2.75) is 33.7 Å². The number of hydrogen-bond acceptors (Lipinski definition) is 3. The van der Waals surface area contributed by atoms with Gasteiger partial charge in [0.15, 0.2) is 0 Å². The van der Waals surface area contributed by atoms with Crippen molar-refractivity contribution in [1.29, 1.82) is 0 Å². The molecule has 0 bridgehead atoms. The van der Waals surface area contributed by atoms with Crippen molar-refractivity contribution in [3.05, 3.63) is 41.2 Å². The highest BCUT2D eigenvalue weighted by atomic mass is 16.5. The smallest absolute Gasteiger partial charge is 0.207 e. The van der Waals surface area contributed by atoms with Gasteiger partial charge in [-0.05, 0) is 44.9 Å². The molecule has 4 heteroatoms. The molecular formula is C16H23N3O. The number of hydrogen-bond donors (Lipinski definition) is 1. The fourth-order valence-corrected chi connectivity index (χ4v) is 2.26. The summed E-state index contributed by atoms with van der Waals surface area (Å²) in [4.78, 5) is 4.58. The topological polar surface area (TPSA) is 39.1 Å². The predicted octanol–water partition coefficient (Wildman–Crippen LogP) is 3.76. The van der Waals surface area contributed by atoms with Crippen LogP contribution in [0.5, 0.6) is 0 Å². The maximum Gasteiger partial charge on any atom is 0.207 e. The molecule has 0 fully saturated rings. The fraction of sp³-hybridized carbons (Fsp3) is 0.438. The lowest BCUT2D eigenvalue weighted by atomic mass is 10.1. The number of imidazole rings is 1. The first-order valence-electron chi connectivity index (χ1n) is 6.90. The molecule has 0 radical (unpaired) electrons. The second kappa shape index (κ2) is 6.09. The Balaban J connectivity index is 2.31. The molecule has 0 amide bonds. The molecule has 1 heterocycles. The van der Waals surface area contributed by atoms with Crippen molar-refractivity contribution < 1.29 is 4.74 Å². The lowest BCUT2D eigenvalue weighted by molar-refractivity contribution is 0.163. The van der Waals surface area contributed by atoms with Gasteiger partial charge in [-0.2, -0.15) is 0 Å². The summed E-state index contributed by atoms with van der Waals surface area (Å²) >= 11 is 0. The molecular weight excluding hydrogens is 250 g/mol. The van der Waals surface area contributed by atoms with Gasteiger partial charge in [-0.25, -0.2) is 4.98 Å². The number of ether oxygens (including phenoxy) is 1. The van der Waals surface area contributed by atoms with E-state index in [0.29, 0.717) is 6.61 Å². The summed E-state index contributed by atoms with van der Waals surface area (Å²) in [6.45, 7) is 8.98. The van der Waals surface area contributed by atoms with Gasteiger partial charge in [0.05, 0.1) is 18.3 Å². The van der Waals surface area contributed by atoms with E-state index >= 15 is 0 Å². The number of anilines is 2. The first-order chi connectivity index (χ1) is 9.51. The molecule has 2 rings (SSSR count). The second-order valence-electron chi connectivity index (χ2n) is 5.36. The molecule has 0 saturated carbocycles. The summed E-state index contributed by atoms with van der Waals surface area (Å²) in [6.07, 6.45) is 2.05. The van der Waals surface area contributed by atoms with Gasteiger partial charge in [0.2, 0.25) is 5.95 Å². The molecule has 0 aliphatic heterocycles. The van der Waals surface area contributed by atoms with Crippen molar-refractivity contribution in [2.75, 3.05) is 19.0 Å². The molecule has 0 aliphatic rings. The Kier molecular flexibility index (Phi) is 4.45. The van der Waals surface area contributed by atoms with Crippen molar-refractivity contribution in [3.8, 4) is 0 Å². The van der Waals surface area contributed by atoms with E-state index in [-0.39, 0.29) is 6.04 Å². The Morgan fingerprint density at radius 3 is 2.75 bits per heavy atom. The van der Waals surface area contributed by atoms with Gasteiger partial charge in [0.25, 0.3) is 0 Å². The summed E-state index contributed by atoms with van der Waals surface area (Å²) in [7, 11) is 1.72. The van der Waals surface area contributed by atoms with Crippen LogP contribution in [-0.4, -0.2) is 23.3 Å². The van der Waals surface area contributed by atoms with Gasteiger partial charge < -0.3 is 14.6 Å². The molecule has 20 heavy (non-hydrogen) atoms. The van der Waals surface area contributed by atoms with Crippen LogP contribution in [0.4, 0.5) is 11.6 Å². The Hall–Kier alpha value is -1.81.